The van der Waals surface area contributed by atoms with E-state index in [1.54, 1.807) is 6.21 Å². The van der Waals surface area contributed by atoms with Crippen molar-refractivity contribution in [3.8, 4) is 0 Å². The molecule has 0 saturated carbocycles. The summed E-state index contributed by atoms with van der Waals surface area (Å²) in [6, 6.07) is 5.76. The average Bonchev–Trinajstić information content (AvgIpc) is 2.37. The van der Waals surface area contributed by atoms with Crippen molar-refractivity contribution in [2.75, 3.05) is 5.75 Å². The Hall–Kier alpha value is -1.49. The molecule has 0 aliphatic rings. The van der Waals surface area contributed by atoms with Crippen molar-refractivity contribution in [3.05, 3.63) is 29.3 Å². The highest BCUT2D eigenvalue weighted by Gasteiger charge is 2.11. The first kappa shape index (κ1) is 18.5. The molecular formula is C15H24N2O2S. The van der Waals surface area contributed by atoms with Gasteiger partial charge in [-0.05, 0) is 23.1 Å². The van der Waals surface area contributed by atoms with Crippen LogP contribution in [0.25, 0.3) is 0 Å². The lowest BCUT2D eigenvalue weighted by Crippen LogP contribution is -2.12. The first-order chi connectivity index (χ1) is 8.95. The molecule has 1 rings (SSSR count). The van der Waals surface area contributed by atoms with Crippen LogP contribution in [0, 0.1) is 0 Å². The van der Waals surface area contributed by atoms with Gasteiger partial charge in [0.1, 0.15) is 0 Å². The minimum atomic E-state index is -0.996. The molecule has 5 heteroatoms. The van der Waals surface area contributed by atoms with E-state index in [1.807, 2.05) is 25.1 Å². The topological polar surface area (TPSA) is 58.5 Å². The molecule has 0 aliphatic heterocycles. The van der Waals surface area contributed by atoms with Gasteiger partial charge in [-0.15, -0.1) is 0 Å². The lowest BCUT2D eigenvalue weighted by Gasteiger charge is -2.12. The molecule has 0 aliphatic carbocycles. The molecular weight excluding hydrogens is 272 g/mol. The van der Waals surface area contributed by atoms with Gasteiger partial charge in [0.25, 0.3) is 0 Å². The normalized spacial score (nSPS) is 12.2. The van der Waals surface area contributed by atoms with Gasteiger partial charge < -0.3 is 0 Å². The lowest BCUT2D eigenvalue weighted by atomic mass is 10.0. The van der Waals surface area contributed by atoms with E-state index in [0.29, 0.717) is 11.7 Å². The Morgan fingerprint density at radius 1 is 1.45 bits per heavy atom. The van der Waals surface area contributed by atoms with E-state index in [0.717, 1.165) is 16.0 Å². The summed E-state index contributed by atoms with van der Waals surface area (Å²) in [5, 5.41) is 3.82. The second kappa shape index (κ2) is 8.64. The summed E-state index contributed by atoms with van der Waals surface area (Å²) in [5.74, 6) is 0.700. The summed E-state index contributed by atoms with van der Waals surface area (Å²) < 4.78 is 12.1. The second-order valence-corrected chi connectivity index (χ2v) is 6.22. The summed E-state index contributed by atoms with van der Waals surface area (Å²) in [4.78, 5) is 11.6. The van der Waals surface area contributed by atoms with Crippen LogP contribution in [-0.4, -0.2) is 22.1 Å². The second-order valence-electron chi connectivity index (χ2n) is 4.51. The van der Waals surface area contributed by atoms with Gasteiger partial charge in [0.2, 0.25) is 5.91 Å². The zero-order chi connectivity index (χ0) is 14.4. The van der Waals surface area contributed by atoms with E-state index in [-0.39, 0.29) is 13.3 Å². The molecule has 0 saturated heterocycles. The molecule has 20 heavy (non-hydrogen) atoms. The Morgan fingerprint density at radius 3 is 2.60 bits per heavy atom. The van der Waals surface area contributed by atoms with Gasteiger partial charge in [0.15, 0.2) is 0 Å². The predicted octanol–water partition coefficient (Wildman–Crippen LogP) is 3.04. The smallest absolute Gasteiger partial charge is 0.236 e. The first-order valence-corrected chi connectivity index (χ1v) is 7.59. The van der Waals surface area contributed by atoms with Crippen molar-refractivity contribution in [3.63, 3.8) is 0 Å². The van der Waals surface area contributed by atoms with Crippen LogP contribution in [0.15, 0.2) is 28.2 Å². The SMILES string of the molecule is C.CCS(=O)c1cc(/C=N/NC(C)=O)ccc1C(C)C. The standard InChI is InChI=1S/C14H20N2O2S.CH4/c1-5-19(18)14-8-12(9-15-16-11(4)17)6-7-13(14)10(2)3;/h6-10H,5H2,1-4H3,(H,16,17);1H4/b15-9+;. The van der Waals surface area contributed by atoms with Crippen LogP contribution in [0.4, 0.5) is 0 Å². The monoisotopic (exact) mass is 296 g/mol. The van der Waals surface area contributed by atoms with E-state index in [1.165, 1.54) is 6.92 Å². The van der Waals surface area contributed by atoms with Crippen LogP contribution < -0.4 is 5.43 Å². The average molecular weight is 296 g/mol. The Morgan fingerprint density at radius 2 is 2.10 bits per heavy atom. The molecule has 112 valence electrons. The molecule has 1 amide bonds. The fraction of sp³-hybridized carbons (Fsp3) is 0.467. The van der Waals surface area contributed by atoms with E-state index in [4.69, 9.17) is 0 Å². The first-order valence-electron chi connectivity index (χ1n) is 6.27. The minimum absolute atomic E-state index is 0. The molecule has 0 fully saturated rings. The van der Waals surface area contributed by atoms with Gasteiger partial charge >= 0.3 is 0 Å². The van der Waals surface area contributed by atoms with Crippen LogP contribution in [0.2, 0.25) is 0 Å². The molecule has 1 N–H and O–H groups in total. The molecule has 1 unspecified atom stereocenters. The van der Waals surface area contributed by atoms with E-state index in [2.05, 4.69) is 24.4 Å². The van der Waals surface area contributed by atoms with Gasteiger partial charge in [-0.1, -0.05) is 40.3 Å². The van der Waals surface area contributed by atoms with Crippen LogP contribution in [-0.2, 0) is 15.6 Å². The Balaban J connectivity index is 0.00000361. The highest BCUT2D eigenvalue weighted by molar-refractivity contribution is 7.85. The number of amides is 1. The third-order valence-corrected chi connectivity index (χ3v) is 3.97. The highest BCUT2D eigenvalue weighted by Crippen LogP contribution is 2.23. The molecule has 1 atom stereocenters. The van der Waals surface area contributed by atoms with Crippen molar-refractivity contribution >= 4 is 22.9 Å². The third-order valence-electron chi connectivity index (χ3n) is 2.60. The summed E-state index contributed by atoms with van der Waals surface area (Å²) in [5.41, 5.74) is 4.27. The molecule has 4 nitrogen and oxygen atoms in total. The molecule has 1 aromatic carbocycles. The van der Waals surface area contributed by atoms with Crippen LogP contribution in [0.1, 0.15) is 52.2 Å². The van der Waals surface area contributed by atoms with E-state index < -0.39 is 10.8 Å². The minimum Gasteiger partial charge on any atom is -0.274 e. The number of nitrogens with zero attached hydrogens (tertiary/aromatic N) is 1. The van der Waals surface area contributed by atoms with Crippen molar-refractivity contribution in [1.29, 1.82) is 0 Å². The molecule has 1 aromatic rings. The molecule has 0 bridgehead atoms. The van der Waals surface area contributed by atoms with Gasteiger partial charge in [-0.3, -0.25) is 9.00 Å². The van der Waals surface area contributed by atoms with Crippen LogP contribution in [0.5, 0.6) is 0 Å². The zero-order valence-electron chi connectivity index (χ0n) is 11.8. The van der Waals surface area contributed by atoms with Gasteiger partial charge in [0, 0.05) is 17.6 Å². The molecule has 0 radical (unpaired) electrons. The number of hydrogen-bond donors (Lipinski definition) is 1. The maximum Gasteiger partial charge on any atom is 0.236 e. The van der Waals surface area contributed by atoms with Crippen molar-refractivity contribution in [1.82, 2.24) is 5.43 Å². The van der Waals surface area contributed by atoms with Crippen molar-refractivity contribution in [2.45, 2.75) is 45.9 Å². The van der Waals surface area contributed by atoms with Gasteiger partial charge in [0.05, 0.1) is 17.0 Å². The number of hydrazone groups is 1. The van der Waals surface area contributed by atoms with E-state index >= 15 is 0 Å². The zero-order valence-corrected chi connectivity index (χ0v) is 12.6. The Kier molecular flexibility index (Phi) is 7.99. The predicted molar refractivity (Wildman–Crippen MR) is 85.6 cm³/mol. The number of nitrogens with one attached hydrogen (secondary N) is 1. The number of hydrogen-bond acceptors (Lipinski definition) is 3. The summed E-state index contributed by atoms with van der Waals surface area (Å²) in [7, 11) is -0.996. The van der Waals surface area contributed by atoms with Crippen LogP contribution >= 0.6 is 0 Å². The number of carbonyl (C=O) groups is 1. The fourth-order valence-electron chi connectivity index (χ4n) is 1.66. The summed E-state index contributed by atoms with van der Waals surface area (Å²) in [6.07, 6.45) is 1.56. The quantitative estimate of drug-likeness (QED) is 0.670. The molecule has 0 heterocycles. The largest absolute Gasteiger partial charge is 0.274 e. The summed E-state index contributed by atoms with van der Waals surface area (Å²) in [6.45, 7) is 7.46. The Labute approximate surface area is 124 Å². The Bertz CT molecular complexity index is 511. The highest BCUT2D eigenvalue weighted by atomic mass is 32.2. The summed E-state index contributed by atoms with van der Waals surface area (Å²) >= 11 is 0. The van der Waals surface area contributed by atoms with Crippen molar-refractivity contribution in [2.24, 2.45) is 5.10 Å². The number of rotatable bonds is 5. The third kappa shape index (κ3) is 5.25. The maximum absolute atomic E-state index is 12.1. The van der Waals surface area contributed by atoms with Crippen LogP contribution in [0.3, 0.4) is 0 Å². The van der Waals surface area contributed by atoms with Crippen molar-refractivity contribution < 1.29 is 9.00 Å². The van der Waals surface area contributed by atoms with E-state index in [9.17, 15) is 9.00 Å². The van der Waals surface area contributed by atoms with Gasteiger partial charge in [-0.25, -0.2) is 5.43 Å². The molecule has 0 spiro atoms. The number of carbonyl (C=O) groups excluding carboxylic acids is 1. The maximum atomic E-state index is 12.1. The fourth-order valence-corrected chi connectivity index (χ4v) is 2.80. The molecule has 0 aromatic heterocycles. The van der Waals surface area contributed by atoms with Gasteiger partial charge in [-0.2, -0.15) is 5.10 Å². The lowest BCUT2D eigenvalue weighted by molar-refractivity contribution is -0.118. The number of benzene rings is 1.